The fourth-order valence-corrected chi connectivity index (χ4v) is 3.37. The molecule has 2 aliphatic rings. The van der Waals surface area contributed by atoms with E-state index in [0.717, 1.165) is 0 Å². The van der Waals surface area contributed by atoms with Crippen molar-refractivity contribution < 1.29 is 0 Å². The molecule has 96 valence electrons. The fraction of sp³-hybridized carbons (Fsp3) is 0.529. The number of benzene rings is 1. The summed E-state index contributed by atoms with van der Waals surface area (Å²) in [5, 5.41) is 3.72. The molecule has 0 radical (unpaired) electrons. The second-order valence-corrected chi connectivity index (χ2v) is 5.78. The van der Waals surface area contributed by atoms with Gasteiger partial charge in [-0.15, -0.1) is 0 Å². The van der Waals surface area contributed by atoms with Gasteiger partial charge < -0.3 is 5.32 Å². The van der Waals surface area contributed by atoms with Gasteiger partial charge >= 0.3 is 0 Å². The fourth-order valence-electron chi connectivity index (χ4n) is 3.37. The summed E-state index contributed by atoms with van der Waals surface area (Å²) in [7, 11) is 0. The van der Waals surface area contributed by atoms with Crippen LogP contribution in [0.1, 0.15) is 43.2 Å². The summed E-state index contributed by atoms with van der Waals surface area (Å²) in [6, 6.07) is 9.64. The van der Waals surface area contributed by atoms with Crippen molar-refractivity contribution in [2.45, 2.75) is 51.5 Å². The monoisotopic (exact) mass is 241 g/mol. The Labute approximate surface area is 110 Å². The topological polar surface area (TPSA) is 12.0 Å². The molecule has 0 spiro atoms. The minimum Gasteiger partial charge on any atom is -0.310 e. The van der Waals surface area contributed by atoms with Crippen molar-refractivity contribution in [1.29, 1.82) is 0 Å². The van der Waals surface area contributed by atoms with Gasteiger partial charge in [0.2, 0.25) is 0 Å². The van der Waals surface area contributed by atoms with Crippen LogP contribution in [-0.4, -0.2) is 12.6 Å². The Kier molecular flexibility index (Phi) is 3.51. The molecule has 1 heterocycles. The van der Waals surface area contributed by atoms with Crippen LogP contribution >= 0.6 is 0 Å². The summed E-state index contributed by atoms with van der Waals surface area (Å²) in [4.78, 5) is 0. The molecule has 1 heteroatoms. The predicted octanol–water partition coefficient (Wildman–Crippen LogP) is 3.77. The first-order valence-electron chi connectivity index (χ1n) is 7.32. The summed E-state index contributed by atoms with van der Waals surface area (Å²) < 4.78 is 0. The van der Waals surface area contributed by atoms with Gasteiger partial charge in [-0.1, -0.05) is 41.0 Å². The predicted molar refractivity (Wildman–Crippen MR) is 76.8 cm³/mol. The number of rotatable bonds is 2. The van der Waals surface area contributed by atoms with Gasteiger partial charge in [0.15, 0.2) is 0 Å². The van der Waals surface area contributed by atoms with Crippen molar-refractivity contribution in [3.8, 4) is 0 Å². The van der Waals surface area contributed by atoms with Crippen molar-refractivity contribution >= 4 is 0 Å². The molecule has 1 N–H and O–H groups in total. The SMILES string of the molecule is Cc1ccc(C[C@@H]2NCCC3=C2CCCC3)cc1. The molecule has 18 heavy (non-hydrogen) atoms. The van der Waals surface area contributed by atoms with E-state index < -0.39 is 0 Å². The van der Waals surface area contributed by atoms with Crippen molar-refractivity contribution in [1.82, 2.24) is 5.32 Å². The standard InChI is InChI=1S/C17H23N/c1-13-6-8-14(9-7-13)12-17-16-5-3-2-4-15(16)10-11-18-17/h6-9,17-18H,2-5,10-12H2,1H3/t17-/m0/s1. The van der Waals surface area contributed by atoms with Gasteiger partial charge in [0.1, 0.15) is 0 Å². The van der Waals surface area contributed by atoms with E-state index in [9.17, 15) is 0 Å². The van der Waals surface area contributed by atoms with Crippen molar-refractivity contribution in [2.24, 2.45) is 0 Å². The molecule has 0 amide bonds. The lowest BCUT2D eigenvalue weighted by Crippen LogP contribution is -2.39. The molecule has 1 aromatic carbocycles. The molecule has 1 aromatic rings. The molecule has 0 bridgehead atoms. The highest BCUT2D eigenvalue weighted by Gasteiger charge is 2.24. The molecular formula is C17H23N. The van der Waals surface area contributed by atoms with Crippen LogP contribution in [0, 0.1) is 6.92 Å². The van der Waals surface area contributed by atoms with Crippen LogP contribution in [0.25, 0.3) is 0 Å². The maximum atomic E-state index is 3.72. The zero-order chi connectivity index (χ0) is 12.4. The van der Waals surface area contributed by atoms with Crippen LogP contribution in [0.15, 0.2) is 35.4 Å². The van der Waals surface area contributed by atoms with Crippen LogP contribution in [-0.2, 0) is 6.42 Å². The van der Waals surface area contributed by atoms with Crippen LogP contribution in [0.2, 0.25) is 0 Å². The first-order valence-corrected chi connectivity index (χ1v) is 7.32. The second-order valence-electron chi connectivity index (χ2n) is 5.78. The van der Waals surface area contributed by atoms with Gasteiger partial charge in [-0.25, -0.2) is 0 Å². The lowest BCUT2D eigenvalue weighted by atomic mass is 9.81. The number of nitrogens with one attached hydrogen (secondary N) is 1. The molecule has 1 aliphatic carbocycles. The smallest absolute Gasteiger partial charge is 0.0322 e. The Bertz CT molecular complexity index is 437. The Morgan fingerprint density at radius 2 is 1.83 bits per heavy atom. The number of hydrogen-bond acceptors (Lipinski definition) is 1. The van der Waals surface area contributed by atoms with Crippen LogP contribution < -0.4 is 5.32 Å². The van der Waals surface area contributed by atoms with Crippen LogP contribution in [0.3, 0.4) is 0 Å². The largest absolute Gasteiger partial charge is 0.310 e. The molecular weight excluding hydrogens is 218 g/mol. The van der Waals surface area contributed by atoms with Crippen LogP contribution in [0.5, 0.6) is 0 Å². The Morgan fingerprint density at radius 3 is 2.67 bits per heavy atom. The van der Waals surface area contributed by atoms with E-state index in [1.165, 1.54) is 56.2 Å². The molecule has 1 nitrogen and oxygen atoms in total. The highest BCUT2D eigenvalue weighted by atomic mass is 14.9. The number of aryl methyl sites for hydroxylation is 1. The summed E-state index contributed by atoms with van der Waals surface area (Å²) in [5.41, 5.74) is 6.34. The maximum absolute atomic E-state index is 3.72. The van der Waals surface area contributed by atoms with E-state index in [4.69, 9.17) is 0 Å². The van der Waals surface area contributed by atoms with E-state index in [1.807, 2.05) is 0 Å². The van der Waals surface area contributed by atoms with Crippen molar-refractivity contribution in [3.05, 3.63) is 46.5 Å². The number of hydrogen-bond donors (Lipinski definition) is 1. The summed E-state index contributed by atoms with van der Waals surface area (Å²) in [6.45, 7) is 3.33. The molecule has 3 rings (SSSR count). The molecule has 0 fully saturated rings. The highest BCUT2D eigenvalue weighted by Crippen LogP contribution is 2.32. The van der Waals surface area contributed by atoms with E-state index in [2.05, 4.69) is 36.5 Å². The third-order valence-corrected chi connectivity index (χ3v) is 4.43. The van der Waals surface area contributed by atoms with E-state index >= 15 is 0 Å². The maximum Gasteiger partial charge on any atom is 0.0322 e. The average Bonchev–Trinajstić information content (AvgIpc) is 2.42. The summed E-state index contributed by atoms with van der Waals surface area (Å²) in [6.07, 6.45) is 7.96. The zero-order valence-electron chi connectivity index (χ0n) is 11.3. The third kappa shape index (κ3) is 2.51. The lowest BCUT2D eigenvalue weighted by Gasteiger charge is -2.33. The van der Waals surface area contributed by atoms with Gasteiger partial charge in [0, 0.05) is 6.04 Å². The quantitative estimate of drug-likeness (QED) is 0.777. The Balaban J connectivity index is 1.77. The van der Waals surface area contributed by atoms with E-state index in [1.54, 1.807) is 11.1 Å². The zero-order valence-corrected chi connectivity index (χ0v) is 11.3. The van der Waals surface area contributed by atoms with E-state index in [-0.39, 0.29) is 0 Å². The molecule has 1 atom stereocenters. The van der Waals surface area contributed by atoms with Crippen LogP contribution in [0.4, 0.5) is 0 Å². The second kappa shape index (κ2) is 5.27. The Morgan fingerprint density at radius 1 is 1.06 bits per heavy atom. The summed E-state index contributed by atoms with van der Waals surface area (Å²) >= 11 is 0. The van der Waals surface area contributed by atoms with Gasteiger partial charge in [-0.05, 0) is 57.6 Å². The Hall–Kier alpha value is -1.08. The molecule has 0 saturated carbocycles. The summed E-state index contributed by atoms with van der Waals surface area (Å²) in [5.74, 6) is 0. The third-order valence-electron chi connectivity index (χ3n) is 4.43. The van der Waals surface area contributed by atoms with Crippen molar-refractivity contribution in [2.75, 3.05) is 6.54 Å². The molecule has 0 saturated heterocycles. The highest BCUT2D eigenvalue weighted by molar-refractivity contribution is 5.29. The molecule has 1 aliphatic heterocycles. The first-order chi connectivity index (χ1) is 8.83. The minimum atomic E-state index is 0.608. The molecule has 0 aromatic heterocycles. The normalized spacial score (nSPS) is 23.9. The van der Waals surface area contributed by atoms with Gasteiger partial charge in [-0.3, -0.25) is 0 Å². The average molecular weight is 241 g/mol. The lowest BCUT2D eigenvalue weighted by molar-refractivity contribution is 0.474. The van der Waals surface area contributed by atoms with E-state index in [0.29, 0.717) is 6.04 Å². The van der Waals surface area contributed by atoms with Gasteiger partial charge in [0.05, 0.1) is 0 Å². The van der Waals surface area contributed by atoms with Gasteiger partial charge in [-0.2, -0.15) is 0 Å². The molecule has 0 unspecified atom stereocenters. The minimum absolute atomic E-state index is 0.608. The van der Waals surface area contributed by atoms with Crippen molar-refractivity contribution in [3.63, 3.8) is 0 Å². The van der Waals surface area contributed by atoms with Gasteiger partial charge in [0.25, 0.3) is 0 Å². The first kappa shape index (κ1) is 12.0.